The summed E-state index contributed by atoms with van der Waals surface area (Å²) in [7, 11) is -0.436. The molecule has 6 aromatic rings. The molecule has 1 aliphatic heterocycles. The van der Waals surface area contributed by atoms with Crippen LogP contribution in [0.25, 0.3) is 54.2 Å². The highest BCUT2D eigenvalue weighted by molar-refractivity contribution is 6.64. The van der Waals surface area contributed by atoms with Gasteiger partial charge in [-0.05, 0) is 93.4 Å². The van der Waals surface area contributed by atoms with Crippen LogP contribution in [0.3, 0.4) is 0 Å². The highest BCUT2D eigenvalue weighted by Gasteiger charge is 2.52. The van der Waals surface area contributed by atoms with E-state index in [1.807, 2.05) is 0 Å². The Hall–Kier alpha value is -3.66. The van der Waals surface area contributed by atoms with Crippen LogP contribution in [0.2, 0.25) is 0 Å². The van der Waals surface area contributed by atoms with Crippen molar-refractivity contribution in [3.05, 3.63) is 103 Å². The van der Waals surface area contributed by atoms with E-state index in [0.29, 0.717) is 0 Å². The Labute approximate surface area is 218 Å². The lowest BCUT2D eigenvalue weighted by Gasteiger charge is -2.32. The van der Waals surface area contributed by atoms with Crippen molar-refractivity contribution in [2.45, 2.75) is 38.9 Å². The van der Waals surface area contributed by atoms with Crippen LogP contribution in [0.5, 0.6) is 0 Å². The van der Waals surface area contributed by atoms with Crippen molar-refractivity contribution < 1.29 is 9.31 Å². The smallest absolute Gasteiger partial charge is 0.399 e. The average Bonchev–Trinajstić information content (AvgIpc) is 3.14. The summed E-state index contributed by atoms with van der Waals surface area (Å²) in [6.07, 6.45) is 0. The summed E-state index contributed by atoms with van der Waals surface area (Å²) in [6.45, 7) is 8.45. The maximum absolute atomic E-state index is 6.55. The molecule has 2 nitrogen and oxygen atoms in total. The fraction of sp³-hybridized carbons (Fsp3) is 0.176. The SMILES string of the molecule is CC1(C)OB(c2ccc3ccccc3c2-c2ccc3c4ccccc4c4ccccc4c3c2)OC1(C)C. The van der Waals surface area contributed by atoms with Gasteiger partial charge in [-0.25, -0.2) is 0 Å². The minimum absolute atomic E-state index is 0.404. The summed E-state index contributed by atoms with van der Waals surface area (Å²) in [6, 6.07) is 37.3. The first kappa shape index (κ1) is 22.5. The fourth-order valence-electron chi connectivity index (χ4n) is 5.84. The number of rotatable bonds is 2. The third-order valence-corrected chi connectivity index (χ3v) is 8.50. The van der Waals surface area contributed by atoms with Gasteiger partial charge < -0.3 is 9.31 Å². The van der Waals surface area contributed by atoms with Gasteiger partial charge in [0.2, 0.25) is 0 Å². The van der Waals surface area contributed by atoms with E-state index in [2.05, 4.69) is 131 Å². The van der Waals surface area contributed by atoms with Gasteiger partial charge in [-0.3, -0.25) is 0 Å². The van der Waals surface area contributed by atoms with Crippen molar-refractivity contribution in [2.24, 2.45) is 0 Å². The zero-order valence-electron chi connectivity index (χ0n) is 21.7. The first-order valence-electron chi connectivity index (χ1n) is 13.0. The largest absolute Gasteiger partial charge is 0.495 e. The molecule has 0 aromatic heterocycles. The van der Waals surface area contributed by atoms with E-state index in [1.54, 1.807) is 0 Å². The molecule has 180 valence electrons. The summed E-state index contributed by atoms with van der Waals surface area (Å²) in [5, 5.41) is 10.1. The van der Waals surface area contributed by atoms with E-state index in [1.165, 1.54) is 54.2 Å². The van der Waals surface area contributed by atoms with Crippen molar-refractivity contribution >= 4 is 55.7 Å². The van der Waals surface area contributed by atoms with Crippen molar-refractivity contribution in [2.75, 3.05) is 0 Å². The lowest BCUT2D eigenvalue weighted by Crippen LogP contribution is -2.41. The Morgan fingerprint density at radius 2 is 0.973 bits per heavy atom. The van der Waals surface area contributed by atoms with Gasteiger partial charge in [-0.15, -0.1) is 0 Å². The molecule has 0 saturated carbocycles. The average molecular weight is 480 g/mol. The van der Waals surface area contributed by atoms with Crippen LogP contribution >= 0.6 is 0 Å². The summed E-state index contributed by atoms with van der Waals surface area (Å²) in [5.41, 5.74) is 2.62. The van der Waals surface area contributed by atoms with Crippen LogP contribution in [-0.2, 0) is 9.31 Å². The molecule has 0 spiro atoms. The molecule has 0 N–H and O–H groups in total. The van der Waals surface area contributed by atoms with Crippen molar-refractivity contribution in [1.29, 1.82) is 0 Å². The second-order valence-corrected chi connectivity index (χ2v) is 11.2. The summed E-state index contributed by atoms with van der Waals surface area (Å²) in [5.74, 6) is 0. The predicted octanol–water partition coefficient (Wildman–Crippen LogP) is 8.27. The Morgan fingerprint density at radius 1 is 0.486 bits per heavy atom. The van der Waals surface area contributed by atoms with Crippen LogP contribution < -0.4 is 5.46 Å². The topological polar surface area (TPSA) is 18.5 Å². The molecule has 3 heteroatoms. The molecule has 37 heavy (non-hydrogen) atoms. The maximum Gasteiger partial charge on any atom is 0.495 e. The number of hydrogen-bond acceptors (Lipinski definition) is 2. The summed E-state index contributed by atoms with van der Waals surface area (Å²) in [4.78, 5) is 0. The first-order chi connectivity index (χ1) is 17.8. The molecular formula is C34H29BO2. The molecule has 0 aliphatic carbocycles. The molecule has 1 fully saturated rings. The minimum Gasteiger partial charge on any atom is -0.399 e. The second kappa shape index (κ2) is 7.92. The predicted molar refractivity (Wildman–Crippen MR) is 158 cm³/mol. The van der Waals surface area contributed by atoms with Crippen LogP contribution in [0.1, 0.15) is 27.7 Å². The Morgan fingerprint density at radius 3 is 1.57 bits per heavy atom. The molecule has 0 unspecified atom stereocenters. The lowest BCUT2D eigenvalue weighted by molar-refractivity contribution is 0.00578. The quantitative estimate of drug-likeness (QED) is 0.183. The monoisotopic (exact) mass is 480 g/mol. The Bertz CT molecular complexity index is 1800. The number of fused-ring (bicyclic) bond motifs is 7. The van der Waals surface area contributed by atoms with Crippen LogP contribution in [-0.4, -0.2) is 18.3 Å². The van der Waals surface area contributed by atoms with Gasteiger partial charge in [0.1, 0.15) is 0 Å². The minimum atomic E-state index is -0.436. The summed E-state index contributed by atoms with van der Waals surface area (Å²) >= 11 is 0. The van der Waals surface area contributed by atoms with Gasteiger partial charge in [0, 0.05) is 0 Å². The molecule has 0 amide bonds. The van der Waals surface area contributed by atoms with Crippen LogP contribution in [0, 0.1) is 0 Å². The van der Waals surface area contributed by atoms with E-state index in [9.17, 15) is 0 Å². The molecule has 1 saturated heterocycles. The number of hydrogen-bond donors (Lipinski definition) is 0. The second-order valence-electron chi connectivity index (χ2n) is 11.2. The van der Waals surface area contributed by atoms with Crippen LogP contribution in [0.4, 0.5) is 0 Å². The van der Waals surface area contributed by atoms with Crippen LogP contribution in [0.15, 0.2) is 103 Å². The number of benzene rings is 6. The molecule has 0 atom stereocenters. The molecule has 0 radical (unpaired) electrons. The fourth-order valence-corrected chi connectivity index (χ4v) is 5.84. The molecule has 7 rings (SSSR count). The molecule has 6 aromatic carbocycles. The van der Waals surface area contributed by atoms with Gasteiger partial charge in [0.15, 0.2) is 0 Å². The highest BCUT2D eigenvalue weighted by atomic mass is 16.7. The van der Waals surface area contributed by atoms with Gasteiger partial charge in [-0.2, -0.15) is 0 Å². The van der Waals surface area contributed by atoms with Crippen molar-refractivity contribution in [3.8, 4) is 11.1 Å². The standard InChI is InChI=1S/C34H29BO2/c1-33(2)34(3,4)37-35(36-33)31-20-18-22-11-5-6-12-24(22)32(31)23-17-19-29-27-15-8-7-13-25(27)26-14-9-10-16-28(26)30(29)21-23/h5-21H,1-4H3. The van der Waals surface area contributed by atoms with Gasteiger partial charge in [-0.1, -0.05) is 97.1 Å². The normalized spacial score (nSPS) is 16.8. The molecule has 1 aliphatic rings. The van der Waals surface area contributed by atoms with Gasteiger partial charge >= 0.3 is 7.12 Å². The Balaban J connectivity index is 1.54. The zero-order valence-corrected chi connectivity index (χ0v) is 21.7. The van der Waals surface area contributed by atoms with Gasteiger partial charge in [0.05, 0.1) is 11.2 Å². The maximum atomic E-state index is 6.55. The third-order valence-electron chi connectivity index (χ3n) is 8.50. The molecule has 0 bridgehead atoms. The van der Waals surface area contributed by atoms with E-state index in [-0.39, 0.29) is 0 Å². The van der Waals surface area contributed by atoms with Gasteiger partial charge in [0.25, 0.3) is 0 Å². The lowest BCUT2D eigenvalue weighted by atomic mass is 9.72. The highest BCUT2D eigenvalue weighted by Crippen LogP contribution is 2.40. The van der Waals surface area contributed by atoms with E-state index < -0.39 is 18.3 Å². The van der Waals surface area contributed by atoms with E-state index in [0.717, 1.165) is 5.46 Å². The summed E-state index contributed by atoms with van der Waals surface area (Å²) < 4.78 is 13.1. The molecule has 1 heterocycles. The Kier molecular flexibility index (Phi) is 4.82. The first-order valence-corrected chi connectivity index (χ1v) is 13.0. The van der Waals surface area contributed by atoms with Crippen molar-refractivity contribution in [3.63, 3.8) is 0 Å². The third kappa shape index (κ3) is 3.35. The molecular weight excluding hydrogens is 451 g/mol. The zero-order chi connectivity index (χ0) is 25.4. The van der Waals surface area contributed by atoms with E-state index >= 15 is 0 Å². The van der Waals surface area contributed by atoms with E-state index in [4.69, 9.17) is 9.31 Å². The van der Waals surface area contributed by atoms with Crippen molar-refractivity contribution in [1.82, 2.24) is 0 Å².